The van der Waals surface area contributed by atoms with Crippen LogP contribution in [-0.2, 0) is 11.2 Å². The topological polar surface area (TPSA) is 104 Å². The fraction of sp³-hybridized carbons (Fsp3) is 0.476. The van der Waals surface area contributed by atoms with Crippen molar-refractivity contribution in [3.8, 4) is 0 Å². The van der Waals surface area contributed by atoms with E-state index in [1.54, 1.807) is 0 Å². The lowest BCUT2D eigenvalue weighted by Crippen LogP contribution is -2.52. The number of benzene rings is 1. The number of nitrogens with one attached hydrogen (secondary N) is 2. The maximum absolute atomic E-state index is 14.0. The van der Waals surface area contributed by atoms with Crippen LogP contribution < -0.4 is 11.1 Å². The Labute approximate surface area is 177 Å². The van der Waals surface area contributed by atoms with Crippen LogP contribution in [0.4, 0.5) is 13.2 Å². The third-order valence-electron chi connectivity index (χ3n) is 6.35. The lowest BCUT2D eigenvalue weighted by Gasteiger charge is -2.41. The third kappa shape index (κ3) is 4.43. The predicted octanol–water partition coefficient (Wildman–Crippen LogP) is 1.90. The number of carbonyl (C=O) groups excluding carboxylic acids is 2. The molecule has 2 aliphatic rings. The van der Waals surface area contributed by atoms with E-state index in [0.717, 1.165) is 18.9 Å². The van der Waals surface area contributed by atoms with Crippen LogP contribution in [0.3, 0.4) is 0 Å². The zero-order valence-corrected chi connectivity index (χ0v) is 16.8. The Morgan fingerprint density at radius 2 is 1.84 bits per heavy atom. The molecule has 2 bridgehead atoms. The fourth-order valence-electron chi connectivity index (χ4n) is 4.84. The molecule has 31 heavy (non-hydrogen) atoms. The van der Waals surface area contributed by atoms with Crippen LogP contribution in [0.2, 0.25) is 0 Å². The molecule has 2 aromatic rings. The van der Waals surface area contributed by atoms with Crippen molar-refractivity contribution in [3.05, 3.63) is 53.4 Å². The molecule has 2 amide bonds. The Bertz CT molecular complexity index is 954. The summed E-state index contributed by atoms with van der Waals surface area (Å²) in [6.07, 6.45) is 5.86. The number of carbonyl (C=O) groups is 2. The van der Waals surface area contributed by atoms with Gasteiger partial charge in [0.1, 0.15) is 11.5 Å². The first-order chi connectivity index (χ1) is 14.8. The number of aromatic amines is 1. The molecule has 7 nitrogen and oxygen atoms in total. The standard InChI is InChI=1S/C21H24F3N5O2/c22-15-7-17(24)16(23)5-11(15)6-18(25)12-3-13-1-2-14(4-12)29(13)20(30)9-27-21(31)19-8-26-10-28-19/h5,7-8,10,12-14,18H,1-4,6,9,25H2,(H,26,28)(H,27,31)/t12?,13?,14?,18-/m1/s1. The van der Waals surface area contributed by atoms with Gasteiger partial charge in [0.25, 0.3) is 5.91 Å². The largest absolute Gasteiger partial charge is 0.342 e. The maximum atomic E-state index is 14.0. The molecule has 2 saturated heterocycles. The van der Waals surface area contributed by atoms with Crippen molar-refractivity contribution in [3.63, 3.8) is 0 Å². The Kier molecular flexibility index (Phi) is 5.99. The monoisotopic (exact) mass is 435 g/mol. The Morgan fingerprint density at radius 1 is 1.16 bits per heavy atom. The van der Waals surface area contributed by atoms with Gasteiger partial charge in [0, 0.05) is 24.2 Å². The number of halogens is 3. The Hall–Kier alpha value is -2.88. The molecule has 2 unspecified atom stereocenters. The zero-order valence-electron chi connectivity index (χ0n) is 16.8. The number of hydrogen-bond donors (Lipinski definition) is 3. The lowest BCUT2D eigenvalue weighted by atomic mass is 9.82. The normalized spacial score (nSPS) is 23.6. The van der Waals surface area contributed by atoms with E-state index >= 15 is 0 Å². The van der Waals surface area contributed by atoms with Crippen LogP contribution in [0.15, 0.2) is 24.7 Å². The van der Waals surface area contributed by atoms with Crippen LogP contribution >= 0.6 is 0 Å². The average Bonchev–Trinajstić information content (AvgIpc) is 3.36. The van der Waals surface area contributed by atoms with Gasteiger partial charge in [-0.25, -0.2) is 18.2 Å². The minimum atomic E-state index is -1.22. The van der Waals surface area contributed by atoms with E-state index in [-0.39, 0.29) is 48.1 Å². The molecule has 0 spiro atoms. The van der Waals surface area contributed by atoms with Gasteiger partial charge in [-0.2, -0.15) is 0 Å². The van der Waals surface area contributed by atoms with Gasteiger partial charge in [-0.1, -0.05) is 0 Å². The van der Waals surface area contributed by atoms with Crippen LogP contribution in [0.5, 0.6) is 0 Å². The van der Waals surface area contributed by atoms with Crippen molar-refractivity contribution in [1.82, 2.24) is 20.2 Å². The van der Waals surface area contributed by atoms with Crippen molar-refractivity contribution in [2.75, 3.05) is 6.54 Å². The van der Waals surface area contributed by atoms with E-state index < -0.39 is 29.4 Å². The van der Waals surface area contributed by atoms with Crippen molar-refractivity contribution >= 4 is 11.8 Å². The number of H-pyrrole nitrogens is 1. The first-order valence-corrected chi connectivity index (χ1v) is 10.3. The molecule has 4 N–H and O–H groups in total. The van der Waals surface area contributed by atoms with Gasteiger partial charge < -0.3 is 20.9 Å². The Morgan fingerprint density at radius 3 is 2.48 bits per heavy atom. The summed E-state index contributed by atoms with van der Waals surface area (Å²) in [7, 11) is 0. The molecule has 1 aromatic carbocycles. The van der Waals surface area contributed by atoms with Gasteiger partial charge in [0.2, 0.25) is 5.91 Å². The van der Waals surface area contributed by atoms with Crippen molar-refractivity contribution in [2.24, 2.45) is 11.7 Å². The van der Waals surface area contributed by atoms with E-state index in [2.05, 4.69) is 15.3 Å². The summed E-state index contributed by atoms with van der Waals surface area (Å²) >= 11 is 0. The Balaban J connectivity index is 1.35. The van der Waals surface area contributed by atoms with Gasteiger partial charge >= 0.3 is 0 Å². The fourth-order valence-corrected chi connectivity index (χ4v) is 4.84. The first-order valence-electron chi connectivity index (χ1n) is 10.3. The molecule has 10 heteroatoms. The number of amides is 2. The molecule has 2 aliphatic heterocycles. The molecule has 4 rings (SSSR count). The highest BCUT2D eigenvalue weighted by Gasteiger charge is 2.44. The van der Waals surface area contributed by atoms with Crippen molar-refractivity contribution < 1.29 is 22.8 Å². The third-order valence-corrected chi connectivity index (χ3v) is 6.35. The number of aromatic nitrogens is 2. The predicted molar refractivity (Wildman–Crippen MR) is 105 cm³/mol. The van der Waals surface area contributed by atoms with Crippen LogP contribution in [0.1, 0.15) is 41.7 Å². The van der Waals surface area contributed by atoms with E-state index in [1.165, 1.54) is 12.5 Å². The van der Waals surface area contributed by atoms with E-state index in [1.807, 2.05) is 4.90 Å². The van der Waals surface area contributed by atoms with E-state index in [4.69, 9.17) is 5.73 Å². The minimum absolute atomic E-state index is 0.00107. The highest BCUT2D eigenvalue weighted by atomic mass is 19.2. The van der Waals surface area contributed by atoms with Crippen LogP contribution in [0.25, 0.3) is 0 Å². The van der Waals surface area contributed by atoms with Crippen molar-refractivity contribution in [1.29, 1.82) is 0 Å². The summed E-state index contributed by atoms with van der Waals surface area (Å²) in [5, 5.41) is 2.60. The number of fused-ring (bicyclic) bond motifs is 2. The molecule has 0 aliphatic carbocycles. The number of nitrogens with zero attached hydrogens (tertiary/aromatic N) is 2. The summed E-state index contributed by atoms with van der Waals surface area (Å²) in [6, 6.07) is 0.974. The van der Waals surface area contributed by atoms with E-state index in [0.29, 0.717) is 18.9 Å². The number of imidazole rings is 1. The molecular formula is C21H24F3N5O2. The molecule has 0 radical (unpaired) electrons. The molecule has 166 valence electrons. The van der Waals surface area contributed by atoms with Crippen LogP contribution in [-0.4, -0.2) is 51.4 Å². The van der Waals surface area contributed by atoms with E-state index in [9.17, 15) is 22.8 Å². The highest BCUT2D eigenvalue weighted by Crippen LogP contribution is 2.40. The molecule has 1 aromatic heterocycles. The van der Waals surface area contributed by atoms with Gasteiger partial charge in [-0.15, -0.1) is 0 Å². The average molecular weight is 435 g/mol. The smallest absolute Gasteiger partial charge is 0.269 e. The van der Waals surface area contributed by atoms with Gasteiger partial charge in [0.05, 0.1) is 19.1 Å². The van der Waals surface area contributed by atoms with Gasteiger partial charge in [-0.3, -0.25) is 9.59 Å². The minimum Gasteiger partial charge on any atom is -0.342 e. The molecular weight excluding hydrogens is 411 g/mol. The van der Waals surface area contributed by atoms with Crippen molar-refractivity contribution in [2.45, 2.75) is 50.2 Å². The second-order valence-electron chi connectivity index (χ2n) is 8.29. The second kappa shape index (κ2) is 8.70. The highest BCUT2D eigenvalue weighted by molar-refractivity contribution is 5.94. The summed E-state index contributed by atoms with van der Waals surface area (Å²) in [5.74, 6) is -3.64. The quantitative estimate of drug-likeness (QED) is 0.603. The van der Waals surface area contributed by atoms with Gasteiger partial charge in [-0.05, 0) is 49.7 Å². The second-order valence-corrected chi connectivity index (χ2v) is 8.29. The summed E-state index contributed by atoms with van der Waals surface area (Å²) < 4.78 is 40.6. The summed E-state index contributed by atoms with van der Waals surface area (Å²) in [4.78, 5) is 33.0. The lowest BCUT2D eigenvalue weighted by molar-refractivity contribution is -0.135. The molecule has 2 fully saturated rings. The number of hydrogen-bond acceptors (Lipinski definition) is 4. The summed E-state index contributed by atoms with van der Waals surface area (Å²) in [6.45, 7) is -0.109. The number of rotatable bonds is 6. The zero-order chi connectivity index (χ0) is 22.1. The first kappa shape index (κ1) is 21.4. The summed E-state index contributed by atoms with van der Waals surface area (Å²) in [5.41, 5.74) is 6.65. The van der Waals surface area contributed by atoms with Gasteiger partial charge in [0.15, 0.2) is 11.6 Å². The number of piperidine rings is 1. The molecule has 3 atom stereocenters. The van der Waals surface area contributed by atoms with Crippen LogP contribution in [0, 0.1) is 23.4 Å². The number of nitrogens with two attached hydrogens (primary N) is 1. The SMILES string of the molecule is N[C@H](Cc1cc(F)c(F)cc1F)C1CC2CCC(C1)N2C(=O)CNC(=O)c1cnc[nH]1. The molecule has 3 heterocycles. The molecule has 0 saturated carbocycles. The maximum Gasteiger partial charge on any atom is 0.269 e.